The molecule has 4 rings (SSSR count). The minimum Gasteiger partial charge on any atom is -0.485 e. The molecule has 1 aliphatic rings. The molecule has 0 unspecified atom stereocenters. The second-order valence-electron chi connectivity index (χ2n) is 8.20. The van der Waals surface area contributed by atoms with Crippen LogP contribution in [0.1, 0.15) is 38.4 Å². The van der Waals surface area contributed by atoms with Crippen molar-refractivity contribution in [1.82, 2.24) is 20.1 Å². The number of nitrogens with zero attached hydrogens (tertiary/aromatic N) is 3. The van der Waals surface area contributed by atoms with Gasteiger partial charge in [0.1, 0.15) is 12.4 Å². The summed E-state index contributed by atoms with van der Waals surface area (Å²) in [6.45, 7) is 6.60. The predicted molar refractivity (Wildman–Crippen MR) is 132 cm³/mol. The van der Waals surface area contributed by atoms with Gasteiger partial charge >= 0.3 is 0 Å². The Kier molecular flexibility index (Phi) is 7.83. The minimum absolute atomic E-state index is 0.0506. The molecule has 33 heavy (non-hydrogen) atoms. The first-order chi connectivity index (χ1) is 16.2. The lowest BCUT2D eigenvalue weighted by atomic mass is 10.1. The lowest BCUT2D eigenvalue weighted by Crippen LogP contribution is -2.37. The van der Waals surface area contributed by atoms with Gasteiger partial charge in [-0.05, 0) is 31.4 Å². The highest BCUT2D eigenvalue weighted by Crippen LogP contribution is 2.30. The molecule has 0 radical (unpaired) electrons. The van der Waals surface area contributed by atoms with E-state index < -0.39 is 0 Å². The molecule has 1 atom stereocenters. The third-order valence-electron chi connectivity index (χ3n) is 5.79. The maximum absolute atomic E-state index is 12.6. The average Bonchev–Trinajstić information content (AvgIpc) is 3.49. The Morgan fingerprint density at radius 3 is 2.67 bits per heavy atom. The van der Waals surface area contributed by atoms with Gasteiger partial charge in [0.05, 0.1) is 5.25 Å². The molecule has 7 heteroatoms. The monoisotopic (exact) mass is 462 g/mol. The van der Waals surface area contributed by atoms with Crippen LogP contribution in [0.25, 0.3) is 11.1 Å². The third-order valence-corrected chi connectivity index (χ3v) is 6.87. The number of nitrogens with one attached hydrogen (secondary N) is 1. The SMILES string of the molecule is C=CCn1c(COc2ccccc2-c2ccccc2)nnc1S[C@H](C)C(=O)NC1CCCC1. The van der Waals surface area contributed by atoms with Crippen molar-refractivity contribution in [3.05, 3.63) is 73.1 Å². The van der Waals surface area contributed by atoms with Crippen LogP contribution in [-0.2, 0) is 17.9 Å². The Labute approximate surface area is 199 Å². The van der Waals surface area contributed by atoms with Gasteiger partial charge in [-0.25, -0.2) is 0 Å². The van der Waals surface area contributed by atoms with E-state index in [1.165, 1.54) is 24.6 Å². The summed E-state index contributed by atoms with van der Waals surface area (Å²) in [5.74, 6) is 1.54. The summed E-state index contributed by atoms with van der Waals surface area (Å²) in [4.78, 5) is 12.6. The number of carbonyl (C=O) groups excluding carboxylic acids is 1. The summed E-state index contributed by atoms with van der Waals surface area (Å²) in [6.07, 6.45) is 6.33. The molecular weight excluding hydrogens is 432 g/mol. The molecule has 1 saturated carbocycles. The summed E-state index contributed by atoms with van der Waals surface area (Å²) in [5.41, 5.74) is 2.12. The number of carbonyl (C=O) groups is 1. The number of aromatic nitrogens is 3. The van der Waals surface area contributed by atoms with E-state index in [2.05, 4.69) is 34.2 Å². The first kappa shape index (κ1) is 23.1. The number of amides is 1. The van der Waals surface area contributed by atoms with E-state index in [9.17, 15) is 4.79 Å². The molecule has 1 N–H and O–H groups in total. The van der Waals surface area contributed by atoms with Crippen molar-refractivity contribution < 1.29 is 9.53 Å². The first-order valence-corrected chi connectivity index (χ1v) is 12.3. The van der Waals surface area contributed by atoms with Gasteiger partial charge in [-0.1, -0.05) is 79.2 Å². The maximum Gasteiger partial charge on any atom is 0.233 e. The molecule has 6 nitrogen and oxygen atoms in total. The van der Waals surface area contributed by atoms with Gasteiger partial charge < -0.3 is 10.1 Å². The summed E-state index contributed by atoms with van der Waals surface area (Å²) in [7, 11) is 0. The number of ether oxygens (including phenoxy) is 1. The van der Waals surface area contributed by atoms with Crippen LogP contribution < -0.4 is 10.1 Å². The van der Waals surface area contributed by atoms with Crippen LogP contribution >= 0.6 is 11.8 Å². The molecule has 1 amide bonds. The molecule has 0 bridgehead atoms. The highest BCUT2D eigenvalue weighted by Gasteiger charge is 2.24. The third kappa shape index (κ3) is 5.85. The number of rotatable bonds is 10. The number of hydrogen-bond acceptors (Lipinski definition) is 5. The Bertz CT molecular complexity index is 1080. The van der Waals surface area contributed by atoms with Crippen LogP contribution in [0, 0.1) is 0 Å². The zero-order valence-corrected chi connectivity index (χ0v) is 19.8. The van der Waals surface area contributed by atoms with Crippen molar-refractivity contribution in [3.8, 4) is 16.9 Å². The Hall–Kier alpha value is -3.06. The number of para-hydroxylation sites is 1. The van der Waals surface area contributed by atoms with Gasteiger partial charge in [-0.2, -0.15) is 0 Å². The molecule has 3 aromatic rings. The fraction of sp³-hybridized carbons (Fsp3) is 0.346. The quantitative estimate of drug-likeness (QED) is 0.329. The highest BCUT2D eigenvalue weighted by atomic mass is 32.2. The summed E-state index contributed by atoms with van der Waals surface area (Å²) < 4.78 is 8.13. The van der Waals surface area contributed by atoms with E-state index in [0.717, 1.165) is 29.7 Å². The van der Waals surface area contributed by atoms with E-state index in [-0.39, 0.29) is 17.8 Å². The van der Waals surface area contributed by atoms with Crippen LogP contribution in [0.2, 0.25) is 0 Å². The number of allylic oxidation sites excluding steroid dienone is 1. The van der Waals surface area contributed by atoms with Crippen LogP contribution in [0.4, 0.5) is 0 Å². The smallest absolute Gasteiger partial charge is 0.233 e. The molecular formula is C26H30N4O2S. The van der Waals surface area contributed by atoms with Crippen LogP contribution in [0.5, 0.6) is 5.75 Å². The molecule has 0 saturated heterocycles. The van der Waals surface area contributed by atoms with Gasteiger partial charge in [-0.3, -0.25) is 9.36 Å². The Morgan fingerprint density at radius 1 is 1.18 bits per heavy atom. The van der Waals surface area contributed by atoms with E-state index in [1.807, 2.05) is 54.0 Å². The number of thioether (sulfide) groups is 1. The van der Waals surface area contributed by atoms with Gasteiger partial charge in [0.25, 0.3) is 0 Å². The minimum atomic E-state index is -0.258. The zero-order chi connectivity index (χ0) is 23.0. The number of benzene rings is 2. The molecule has 1 fully saturated rings. The second kappa shape index (κ2) is 11.2. The molecule has 172 valence electrons. The van der Waals surface area contributed by atoms with E-state index in [1.54, 1.807) is 6.08 Å². The highest BCUT2D eigenvalue weighted by molar-refractivity contribution is 8.00. The molecule has 1 heterocycles. The lowest BCUT2D eigenvalue weighted by molar-refractivity contribution is -0.120. The average molecular weight is 463 g/mol. The van der Waals surface area contributed by atoms with E-state index >= 15 is 0 Å². The van der Waals surface area contributed by atoms with E-state index in [0.29, 0.717) is 23.6 Å². The van der Waals surface area contributed by atoms with Crippen molar-refractivity contribution in [3.63, 3.8) is 0 Å². The molecule has 0 spiro atoms. The van der Waals surface area contributed by atoms with Crippen molar-refractivity contribution >= 4 is 17.7 Å². The van der Waals surface area contributed by atoms with Crippen molar-refractivity contribution in [1.29, 1.82) is 0 Å². The molecule has 1 aromatic heterocycles. The zero-order valence-electron chi connectivity index (χ0n) is 18.9. The van der Waals surface area contributed by atoms with Gasteiger partial charge in [0.2, 0.25) is 5.91 Å². The largest absolute Gasteiger partial charge is 0.485 e. The Balaban J connectivity index is 1.45. The summed E-state index contributed by atoms with van der Waals surface area (Å²) >= 11 is 1.42. The van der Waals surface area contributed by atoms with Crippen LogP contribution in [-0.4, -0.2) is 32.0 Å². The molecule has 1 aliphatic carbocycles. The normalized spacial score (nSPS) is 14.7. The van der Waals surface area contributed by atoms with Crippen molar-refractivity contribution in [2.24, 2.45) is 0 Å². The fourth-order valence-corrected chi connectivity index (χ4v) is 4.90. The van der Waals surface area contributed by atoms with Crippen molar-refractivity contribution in [2.45, 2.75) is 62.2 Å². The topological polar surface area (TPSA) is 69.0 Å². The Morgan fingerprint density at radius 2 is 1.91 bits per heavy atom. The fourth-order valence-electron chi connectivity index (χ4n) is 4.02. The summed E-state index contributed by atoms with van der Waals surface area (Å²) in [5, 5.41) is 12.3. The van der Waals surface area contributed by atoms with Crippen LogP contribution in [0.15, 0.2) is 72.4 Å². The second-order valence-corrected chi connectivity index (χ2v) is 9.51. The molecule has 2 aromatic carbocycles. The number of hydrogen-bond donors (Lipinski definition) is 1. The maximum atomic E-state index is 12.6. The van der Waals surface area contributed by atoms with Crippen molar-refractivity contribution in [2.75, 3.05) is 0 Å². The standard InChI is InChI=1S/C26H30N4O2S/c1-3-17-30-24(18-32-23-16-10-9-15-22(23)20-11-5-4-6-12-20)28-29-26(30)33-19(2)25(31)27-21-13-7-8-14-21/h3-6,9-12,15-16,19,21H,1,7-8,13-14,17-18H2,2H3,(H,27,31)/t19-/m1/s1. The van der Waals surface area contributed by atoms with Gasteiger partial charge in [0, 0.05) is 18.2 Å². The summed E-state index contributed by atoms with van der Waals surface area (Å²) in [6, 6.07) is 18.4. The lowest BCUT2D eigenvalue weighted by Gasteiger charge is -2.16. The first-order valence-electron chi connectivity index (χ1n) is 11.4. The van der Waals surface area contributed by atoms with E-state index in [4.69, 9.17) is 4.74 Å². The van der Waals surface area contributed by atoms with Gasteiger partial charge in [0.15, 0.2) is 11.0 Å². The predicted octanol–water partition coefficient (Wildman–Crippen LogP) is 5.25. The van der Waals surface area contributed by atoms with Gasteiger partial charge in [-0.15, -0.1) is 16.8 Å². The van der Waals surface area contributed by atoms with Crippen LogP contribution in [0.3, 0.4) is 0 Å². The molecule has 0 aliphatic heterocycles.